The Bertz CT molecular complexity index is 689. The second-order valence-electron chi connectivity index (χ2n) is 4.82. The minimum absolute atomic E-state index is 0.418. The van der Waals surface area contributed by atoms with Crippen LogP contribution in [0.5, 0.6) is 0 Å². The fourth-order valence-electron chi connectivity index (χ4n) is 2.31. The summed E-state index contributed by atoms with van der Waals surface area (Å²) in [5.74, 6) is 0. The summed E-state index contributed by atoms with van der Waals surface area (Å²) < 4.78 is 27.9. The highest BCUT2D eigenvalue weighted by Crippen LogP contribution is 2.29. The minimum Gasteiger partial charge on any atom is -0.296 e. The molecular weight excluding hydrogens is 392 g/mol. The van der Waals surface area contributed by atoms with Gasteiger partial charge in [-0.05, 0) is 39.5 Å². The highest BCUT2D eigenvalue weighted by Gasteiger charge is 2.29. The number of hydrogen-bond acceptors (Lipinski definition) is 5. The smallest absolute Gasteiger partial charge is 0.252 e. The summed E-state index contributed by atoms with van der Waals surface area (Å²) in [4.78, 5) is 3.64. The maximum absolute atomic E-state index is 12.5. The molecule has 21 heavy (non-hydrogen) atoms. The lowest BCUT2D eigenvalue weighted by atomic mass is 10.3. The van der Waals surface area contributed by atoms with Gasteiger partial charge in [0.05, 0.1) is 3.79 Å². The van der Waals surface area contributed by atoms with E-state index in [0.717, 1.165) is 23.4 Å². The number of thiophene rings is 2. The SMILES string of the molecule is O=S(=O)(c1ccc(Br)s1)N1CCN(Cc2cccs2)CC1. The molecule has 0 saturated carbocycles. The van der Waals surface area contributed by atoms with Crippen LogP contribution in [-0.2, 0) is 16.6 Å². The van der Waals surface area contributed by atoms with Gasteiger partial charge in [-0.1, -0.05) is 6.07 Å². The van der Waals surface area contributed by atoms with Gasteiger partial charge >= 0.3 is 0 Å². The number of sulfonamides is 1. The molecule has 0 amide bonds. The number of piperazine rings is 1. The number of halogens is 1. The van der Waals surface area contributed by atoms with E-state index in [2.05, 4.69) is 38.3 Å². The van der Waals surface area contributed by atoms with Gasteiger partial charge in [-0.2, -0.15) is 4.31 Å². The summed E-state index contributed by atoms with van der Waals surface area (Å²) in [6, 6.07) is 7.62. The molecule has 114 valence electrons. The van der Waals surface area contributed by atoms with E-state index in [-0.39, 0.29) is 0 Å². The van der Waals surface area contributed by atoms with E-state index < -0.39 is 10.0 Å². The monoisotopic (exact) mass is 406 g/mol. The van der Waals surface area contributed by atoms with Crippen LogP contribution in [0.4, 0.5) is 0 Å². The molecule has 2 aromatic rings. The molecule has 0 aliphatic carbocycles. The molecule has 4 nitrogen and oxygen atoms in total. The molecule has 0 N–H and O–H groups in total. The largest absolute Gasteiger partial charge is 0.296 e. The zero-order chi connectivity index (χ0) is 14.9. The van der Waals surface area contributed by atoms with Crippen molar-refractivity contribution in [2.75, 3.05) is 26.2 Å². The quantitative estimate of drug-likeness (QED) is 0.782. The van der Waals surface area contributed by atoms with Gasteiger partial charge in [0.2, 0.25) is 0 Å². The lowest BCUT2D eigenvalue weighted by Gasteiger charge is -2.33. The van der Waals surface area contributed by atoms with Crippen LogP contribution < -0.4 is 0 Å². The van der Waals surface area contributed by atoms with Crippen molar-refractivity contribution < 1.29 is 8.42 Å². The van der Waals surface area contributed by atoms with Gasteiger partial charge < -0.3 is 0 Å². The van der Waals surface area contributed by atoms with E-state index in [4.69, 9.17) is 0 Å². The zero-order valence-electron chi connectivity index (χ0n) is 11.2. The molecule has 0 unspecified atom stereocenters. The van der Waals surface area contributed by atoms with Crippen molar-refractivity contribution in [3.05, 3.63) is 38.3 Å². The summed E-state index contributed by atoms with van der Waals surface area (Å²) in [5, 5.41) is 2.07. The molecule has 1 fully saturated rings. The maximum atomic E-state index is 12.5. The van der Waals surface area contributed by atoms with Gasteiger partial charge in [0.25, 0.3) is 10.0 Å². The van der Waals surface area contributed by atoms with E-state index >= 15 is 0 Å². The molecule has 1 aliphatic heterocycles. The Kier molecular flexibility index (Phi) is 4.82. The highest BCUT2D eigenvalue weighted by atomic mass is 79.9. The average molecular weight is 407 g/mol. The van der Waals surface area contributed by atoms with Gasteiger partial charge in [-0.15, -0.1) is 22.7 Å². The lowest BCUT2D eigenvalue weighted by Crippen LogP contribution is -2.47. The summed E-state index contributed by atoms with van der Waals surface area (Å²) in [5.41, 5.74) is 0. The molecule has 0 aromatic carbocycles. The first kappa shape index (κ1) is 15.6. The summed E-state index contributed by atoms with van der Waals surface area (Å²) in [7, 11) is -3.33. The fourth-order valence-corrected chi connectivity index (χ4v) is 6.65. The first-order valence-corrected chi connectivity index (χ1v) is 10.5. The first-order valence-electron chi connectivity index (χ1n) is 6.56. The molecule has 3 rings (SSSR count). The van der Waals surface area contributed by atoms with Crippen LogP contribution in [0.25, 0.3) is 0 Å². The van der Waals surface area contributed by atoms with E-state index in [1.807, 2.05) is 0 Å². The molecule has 8 heteroatoms. The molecule has 2 aromatic heterocycles. The van der Waals surface area contributed by atoms with Crippen molar-refractivity contribution in [1.82, 2.24) is 9.21 Å². The maximum Gasteiger partial charge on any atom is 0.252 e. The predicted molar refractivity (Wildman–Crippen MR) is 90.4 cm³/mol. The van der Waals surface area contributed by atoms with Gasteiger partial charge in [-0.25, -0.2) is 8.42 Å². The zero-order valence-corrected chi connectivity index (χ0v) is 15.3. The van der Waals surface area contributed by atoms with Crippen molar-refractivity contribution in [2.24, 2.45) is 0 Å². The molecular formula is C13H15BrN2O2S3. The van der Waals surface area contributed by atoms with Crippen LogP contribution in [0.15, 0.2) is 37.6 Å². The predicted octanol–water partition coefficient (Wildman–Crippen LogP) is 3.08. The Morgan fingerprint density at radius 3 is 2.48 bits per heavy atom. The van der Waals surface area contributed by atoms with Crippen molar-refractivity contribution >= 4 is 48.6 Å². The van der Waals surface area contributed by atoms with Gasteiger partial charge in [0.1, 0.15) is 4.21 Å². The average Bonchev–Trinajstić information content (AvgIpc) is 3.11. The van der Waals surface area contributed by atoms with Crippen molar-refractivity contribution in [1.29, 1.82) is 0 Å². The van der Waals surface area contributed by atoms with Crippen molar-refractivity contribution in [3.8, 4) is 0 Å². The normalized spacial score (nSPS) is 18.1. The molecule has 0 atom stereocenters. The van der Waals surface area contributed by atoms with Crippen molar-refractivity contribution in [2.45, 2.75) is 10.8 Å². The van der Waals surface area contributed by atoms with Crippen LogP contribution in [0.1, 0.15) is 4.88 Å². The molecule has 1 saturated heterocycles. The molecule has 0 bridgehead atoms. The third-order valence-electron chi connectivity index (χ3n) is 3.43. The standard InChI is InChI=1S/C13H15BrN2O2S3/c14-12-3-4-13(20-12)21(17,18)16-7-5-15(6-8-16)10-11-2-1-9-19-11/h1-4,9H,5-8,10H2. The van der Waals surface area contributed by atoms with Crippen LogP contribution in [0, 0.1) is 0 Å². The molecule has 3 heterocycles. The number of nitrogens with zero attached hydrogens (tertiary/aromatic N) is 2. The lowest BCUT2D eigenvalue weighted by molar-refractivity contribution is 0.183. The summed E-state index contributed by atoms with van der Waals surface area (Å²) in [6.45, 7) is 3.59. The van der Waals surface area contributed by atoms with Gasteiger partial charge in [0, 0.05) is 37.6 Å². The van der Waals surface area contributed by atoms with Crippen LogP contribution in [0.2, 0.25) is 0 Å². The number of hydrogen-bond donors (Lipinski definition) is 0. The van der Waals surface area contributed by atoms with E-state index in [9.17, 15) is 8.42 Å². The van der Waals surface area contributed by atoms with Gasteiger partial charge in [-0.3, -0.25) is 4.90 Å². The molecule has 0 radical (unpaired) electrons. The number of rotatable bonds is 4. The van der Waals surface area contributed by atoms with Crippen molar-refractivity contribution in [3.63, 3.8) is 0 Å². The van der Waals surface area contributed by atoms with Gasteiger partial charge in [0.15, 0.2) is 0 Å². The van der Waals surface area contributed by atoms with Crippen LogP contribution in [0.3, 0.4) is 0 Å². The fraction of sp³-hybridized carbons (Fsp3) is 0.385. The third kappa shape index (κ3) is 3.57. The van der Waals surface area contributed by atoms with E-state index in [1.165, 1.54) is 16.2 Å². The highest BCUT2D eigenvalue weighted by molar-refractivity contribution is 9.11. The topological polar surface area (TPSA) is 40.6 Å². The second kappa shape index (κ2) is 6.47. The Morgan fingerprint density at radius 2 is 1.90 bits per heavy atom. The summed E-state index contributed by atoms with van der Waals surface area (Å²) >= 11 is 6.33. The Labute approximate surface area is 141 Å². The molecule has 0 spiro atoms. The Balaban J connectivity index is 1.63. The van der Waals surface area contributed by atoms with E-state index in [1.54, 1.807) is 27.8 Å². The molecule has 1 aliphatic rings. The Morgan fingerprint density at radius 1 is 1.14 bits per heavy atom. The Hall–Kier alpha value is -0.250. The van der Waals surface area contributed by atoms with Crippen LogP contribution in [-0.4, -0.2) is 43.8 Å². The van der Waals surface area contributed by atoms with E-state index in [0.29, 0.717) is 17.3 Å². The summed E-state index contributed by atoms with van der Waals surface area (Å²) in [6.07, 6.45) is 0. The first-order chi connectivity index (χ1) is 10.1. The third-order valence-corrected chi connectivity index (χ3v) is 8.28. The minimum atomic E-state index is -3.33. The second-order valence-corrected chi connectivity index (χ2v) is 10.5. The van der Waals surface area contributed by atoms with Crippen LogP contribution >= 0.6 is 38.6 Å².